The largest absolute Gasteiger partial charge is 0.333 e. The maximum absolute atomic E-state index is 13.9. The Bertz CT molecular complexity index is 826. The summed E-state index contributed by atoms with van der Waals surface area (Å²) < 4.78 is 1.95. The first kappa shape index (κ1) is 19.4. The van der Waals surface area contributed by atoms with E-state index in [1.165, 1.54) is 25.7 Å². The summed E-state index contributed by atoms with van der Waals surface area (Å²) in [6, 6.07) is 3.07. The van der Waals surface area contributed by atoms with Crippen molar-refractivity contribution in [2.45, 2.75) is 103 Å². The van der Waals surface area contributed by atoms with Crippen molar-refractivity contribution in [3.63, 3.8) is 0 Å². The molecular weight excluding hydrogens is 348 g/mol. The molecule has 2 saturated carbocycles. The lowest BCUT2D eigenvalue weighted by atomic mass is 10.0. The first-order chi connectivity index (χ1) is 13.5. The van der Waals surface area contributed by atoms with Crippen LogP contribution in [0.1, 0.15) is 107 Å². The van der Waals surface area contributed by atoms with Crippen LogP contribution in [-0.2, 0) is 0 Å². The summed E-state index contributed by atoms with van der Waals surface area (Å²) in [5.74, 6) is 0.481. The summed E-state index contributed by atoms with van der Waals surface area (Å²) in [6.07, 6.45) is 11.4. The molecule has 0 spiro atoms. The second-order valence-corrected chi connectivity index (χ2v) is 9.26. The molecular formula is C23H34N4O. The molecule has 2 heterocycles. The summed E-state index contributed by atoms with van der Waals surface area (Å²) >= 11 is 0. The number of hydrogen-bond donors (Lipinski definition) is 0. The van der Waals surface area contributed by atoms with E-state index in [4.69, 9.17) is 4.98 Å². The van der Waals surface area contributed by atoms with Gasteiger partial charge in [-0.1, -0.05) is 39.5 Å². The highest BCUT2D eigenvalue weighted by molar-refractivity contribution is 6.05. The zero-order valence-electron chi connectivity index (χ0n) is 17.8. The predicted octanol–water partition coefficient (Wildman–Crippen LogP) is 5.46. The van der Waals surface area contributed by atoms with Crippen molar-refractivity contribution in [3.8, 4) is 0 Å². The topological polar surface area (TPSA) is 51.0 Å². The third-order valence-corrected chi connectivity index (χ3v) is 6.57. The van der Waals surface area contributed by atoms with Crippen molar-refractivity contribution in [3.05, 3.63) is 23.5 Å². The number of fused-ring (bicyclic) bond motifs is 1. The van der Waals surface area contributed by atoms with E-state index in [0.717, 1.165) is 48.0 Å². The van der Waals surface area contributed by atoms with E-state index in [1.54, 1.807) is 0 Å². The molecule has 0 aromatic carbocycles. The minimum absolute atomic E-state index is 0.205. The van der Waals surface area contributed by atoms with Gasteiger partial charge in [0, 0.05) is 23.8 Å². The average molecular weight is 383 g/mol. The molecule has 2 fully saturated rings. The highest BCUT2D eigenvalue weighted by atomic mass is 16.2. The molecule has 28 heavy (non-hydrogen) atoms. The molecule has 1 amide bonds. The third kappa shape index (κ3) is 3.44. The third-order valence-electron chi connectivity index (χ3n) is 6.57. The monoisotopic (exact) mass is 382 g/mol. The lowest BCUT2D eigenvalue weighted by Crippen LogP contribution is -2.45. The van der Waals surface area contributed by atoms with Crippen molar-refractivity contribution in [1.29, 1.82) is 0 Å². The average Bonchev–Trinajstić information content (AvgIpc) is 3.42. The molecule has 0 N–H and O–H groups in total. The van der Waals surface area contributed by atoms with Crippen molar-refractivity contribution >= 4 is 16.9 Å². The maximum Gasteiger partial charge on any atom is 0.255 e. The highest BCUT2D eigenvalue weighted by Crippen LogP contribution is 2.34. The minimum Gasteiger partial charge on any atom is -0.333 e. The summed E-state index contributed by atoms with van der Waals surface area (Å²) in [4.78, 5) is 21.1. The number of hydrogen-bond acceptors (Lipinski definition) is 3. The number of nitrogens with zero attached hydrogens (tertiary/aromatic N) is 4. The van der Waals surface area contributed by atoms with Crippen LogP contribution in [0.4, 0.5) is 0 Å². The Morgan fingerprint density at radius 1 is 1.04 bits per heavy atom. The number of amides is 1. The van der Waals surface area contributed by atoms with Crippen LogP contribution in [-0.4, -0.2) is 37.7 Å². The number of aromatic nitrogens is 3. The summed E-state index contributed by atoms with van der Waals surface area (Å²) in [6.45, 7) is 8.51. The van der Waals surface area contributed by atoms with Crippen molar-refractivity contribution in [1.82, 2.24) is 19.7 Å². The molecule has 2 aliphatic rings. The zero-order valence-corrected chi connectivity index (χ0v) is 17.8. The Balaban J connectivity index is 1.82. The van der Waals surface area contributed by atoms with Gasteiger partial charge < -0.3 is 4.90 Å². The normalized spacial score (nSPS) is 18.8. The SMILES string of the molecule is CC(C)c1cc(C(=O)N(C2CCCC2)C2CCCC2)c2cnn(C(C)C)c2n1. The van der Waals surface area contributed by atoms with Crippen LogP contribution in [0.25, 0.3) is 11.0 Å². The fraction of sp³-hybridized carbons (Fsp3) is 0.696. The predicted molar refractivity (Wildman–Crippen MR) is 113 cm³/mol. The lowest BCUT2D eigenvalue weighted by Gasteiger charge is -2.35. The van der Waals surface area contributed by atoms with Gasteiger partial charge in [0.15, 0.2) is 5.65 Å². The van der Waals surface area contributed by atoms with Gasteiger partial charge in [0.1, 0.15) is 0 Å². The molecule has 0 unspecified atom stereocenters. The molecule has 5 nitrogen and oxygen atoms in total. The van der Waals surface area contributed by atoms with E-state index in [9.17, 15) is 4.79 Å². The zero-order chi connectivity index (χ0) is 19.8. The maximum atomic E-state index is 13.9. The minimum atomic E-state index is 0.205. The summed E-state index contributed by atoms with van der Waals surface area (Å²) in [5, 5.41) is 5.48. The fourth-order valence-corrected chi connectivity index (χ4v) is 5.02. The number of rotatable bonds is 5. The number of pyridine rings is 1. The molecule has 4 rings (SSSR count). The standard InChI is InChI=1S/C23H34N4O/c1-15(2)21-13-19(20-14-24-27(16(3)4)22(20)25-21)23(28)26(17-9-5-6-10-17)18-11-7-8-12-18/h13-18H,5-12H2,1-4H3. The highest BCUT2D eigenvalue weighted by Gasteiger charge is 2.35. The van der Waals surface area contributed by atoms with E-state index < -0.39 is 0 Å². The Morgan fingerprint density at radius 2 is 1.61 bits per heavy atom. The molecule has 5 heteroatoms. The Hall–Kier alpha value is -1.91. The molecule has 0 bridgehead atoms. The van der Waals surface area contributed by atoms with E-state index in [2.05, 4.69) is 37.7 Å². The smallest absolute Gasteiger partial charge is 0.255 e. The second-order valence-electron chi connectivity index (χ2n) is 9.26. The quantitative estimate of drug-likeness (QED) is 0.689. The molecule has 2 aliphatic carbocycles. The van der Waals surface area contributed by atoms with Crippen LogP contribution >= 0.6 is 0 Å². The van der Waals surface area contributed by atoms with Crippen LogP contribution in [0.15, 0.2) is 12.3 Å². The van der Waals surface area contributed by atoms with Gasteiger partial charge in [0.05, 0.1) is 17.1 Å². The molecule has 0 atom stereocenters. The van der Waals surface area contributed by atoms with Crippen LogP contribution in [0, 0.1) is 0 Å². The van der Waals surface area contributed by atoms with Gasteiger partial charge in [-0.3, -0.25) is 4.79 Å². The fourth-order valence-electron chi connectivity index (χ4n) is 5.02. The van der Waals surface area contributed by atoms with Crippen LogP contribution < -0.4 is 0 Å². The number of carbonyl (C=O) groups excluding carboxylic acids is 1. The number of carbonyl (C=O) groups is 1. The Labute approximate surface area is 168 Å². The van der Waals surface area contributed by atoms with Gasteiger partial charge in [-0.25, -0.2) is 9.67 Å². The molecule has 152 valence electrons. The van der Waals surface area contributed by atoms with E-state index >= 15 is 0 Å². The van der Waals surface area contributed by atoms with Crippen molar-refractivity contribution in [2.75, 3.05) is 0 Å². The Morgan fingerprint density at radius 3 is 2.11 bits per heavy atom. The van der Waals surface area contributed by atoms with Crippen molar-refractivity contribution < 1.29 is 4.79 Å². The van der Waals surface area contributed by atoms with Gasteiger partial charge in [-0.15, -0.1) is 0 Å². The van der Waals surface area contributed by atoms with Crippen molar-refractivity contribution in [2.24, 2.45) is 0 Å². The van der Waals surface area contributed by atoms with Gasteiger partial charge in [-0.2, -0.15) is 5.10 Å². The first-order valence-corrected chi connectivity index (χ1v) is 11.2. The van der Waals surface area contributed by atoms with Gasteiger partial charge in [0.25, 0.3) is 5.91 Å². The van der Waals surface area contributed by atoms with Crippen LogP contribution in [0.2, 0.25) is 0 Å². The second kappa shape index (κ2) is 7.84. The van der Waals surface area contributed by atoms with Gasteiger partial charge >= 0.3 is 0 Å². The molecule has 2 aromatic heterocycles. The van der Waals surface area contributed by atoms with Crippen LogP contribution in [0.3, 0.4) is 0 Å². The van der Waals surface area contributed by atoms with E-state index in [-0.39, 0.29) is 17.9 Å². The lowest BCUT2D eigenvalue weighted by molar-refractivity contribution is 0.0582. The molecule has 0 saturated heterocycles. The summed E-state index contributed by atoms with van der Waals surface area (Å²) in [7, 11) is 0. The molecule has 2 aromatic rings. The van der Waals surface area contributed by atoms with Crippen LogP contribution in [0.5, 0.6) is 0 Å². The van der Waals surface area contributed by atoms with Gasteiger partial charge in [-0.05, 0) is 51.5 Å². The first-order valence-electron chi connectivity index (χ1n) is 11.2. The molecule has 0 radical (unpaired) electrons. The van der Waals surface area contributed by atoms with Gasteiger partial charge in [0.2, 0.25) is 0 Å². The summed E-state index contributed by atoms with van der Waals surface area (Å²) in [5.41, 5.74) is 2.64. The molecule has 0 aliphatic heterocycles. The Kier molecular flexibility index (Phi) is 5.44. The van der Waals surface area contributed by atoms with E-state index in [0.29, 0.717) is 12.1 Å². The van der Waals surface area contributed by atoms with E-state index in [1.807, 2.05) is 16.9 Å².